The van der Waals surface area contributed by atoms with Gasteiger partial charge < -0.3 is 25.0 Å². The maximum absolute atomic E-state index is 12.6. The average Bonchev–Trinajstić information content (AvgIpc) is 3.40. The molecular weight excluding hydrogens is 454 g/mol. The fourth-order valence-electron chi connectivity index (χ4n) is 4.07. The summed E-state index contributed by atoms with van der Waals surface area (Å²) in [5, 5.41) is 37.9. The monoisotopic (exact) mass is 479 g/mol. The number of rotatable bonds is 7. The molecule has 11 nitrogen and oxygen atoms in total. The minimum Gasteiger partial charge on any atom is -0.457 e. The first-order valence-electron chi connectivity index (χ1n) is 11.1. The largest absolute Gasteiger partial charge is 0.457 e. The number of hydrogen-bond acceptors (Lipinski definition) is 9. The van der Waals surface area contributed by atoms with Gasteiger partial charge in [-0.2, -0.15) is 10.4 Å². The van der Waals surface area contributed by atoms with E-state index in [2.05, 4.69) is 15.4 Å². The quantitative estimate of drug-likeness (QED) is 0.426. The SMILES string of the molecule is CC(C)CC(=O)O[C@H]1[C@@H](O)[C@](C#N)(c2ccc3c(NC(=O)c4ccccc4)ncnn23)O[C@@H]1CO. The van der Waals surface area contributed by atoms with Gasteiger partial charge in [-0.25, -0.2) is 9.50 Å². The van der Waals surface area contributed by atoms with Gasteiger partial charge in [0.05, 0.1) is 12.3 Å². The molecule has 182 valence electrons. The van der Waals surface area contributed by atoms with Crippen molar-refractivity contribution >= 4 is 23.2 Å². The van der Waals surface area contributed by atoms with Gasteiger partial charge in [0, 0.05) is 12.0 Å². The number of amides is 1. The molecule has 4 rings (SSSR count). The van der Waals surface area contributed by atoms with E-state index < -0.39 is 42.4 Å². The van der Waals surface area contributed by atoms with Crippen LogP contribution in [-0.4, -0.2) is 61.6 Å². The fourth-order valence-corrected chi connectivity index (χ4v) is 4.07. The zero-order chi connectivity index (χ0) is 25.2. The highest BCUT2D eigenvalue weighted by atomic mass is 16.6. The number of hydrogen-bond donors (Lipinski definition) is 3. The first kappa shape index (κ1) is 24.3. The molecule has 1 aliphatic rings. The summed E-state index contributed by atoms with van der Waals surface area (Å²) in [6.45, 7) is 3.09. The molecule has 4 atom stereocenters. The van der Waals surface area contributed by atoms with Gasteiger partial charge in [0.1, 0.15) is 30.1 Å². The number of benzene rings is 1. The average molecular weight is 479 g/mol. The number of ether oxygens (including phenoxy) is 2. The first-order chi connectivity index (χ1) is 16.8. The van der Waals surface area contributed by atoms with E-state index in [4.69, 9.17) is 9.47 Å². The van der Waals surface area contributed by atoms with Crippen LogP contribution in [0.15, 0.2) is 48.8 Å². The number of fused-ring (bicyclic) bond motifs is 1. The van der Waals surface area contributed by atoms with Crippen molar-refractivity contribution in [1.82, 2.24) is 14.6 Å². The predicted octanol–water partition coefficient (Wildman–Crippen LogP) is 1.41. The number of carbonyl (C=O) groups excluding carboxylic acids is 2. The van der Waals surface area contributed by atoms with Gasteiger partial charge in [0.2, 0.25) is 5.60 Å². The van der Waals surface area contributed by atoms with Crippen LogP contribution in [0.5, 0.6) is 0 Å². The van der Waals surface area contributed by atoms with Crippen LogP contribution in [0.25, 0.3) is 5.52 Å². The number of nitrogens with zero attached hydrogens (tertiary/aromatic N) is 4. The minimum atomic E-state index is -2.00. The summed E-state index contributed by atoms with van der Waals surface area (Å²) in [5.74, 6) is -0.767. The highest BCUT2D eigenvalue weighted by Crippen LogP contribution is 2.41. The molecule has 0 unspecified atom stereocenters. The summed E-state index contributed by atoms with van der Waals surface area (Å²) in [6.07, 6.45) is -2.73. The summed E-state index contributed by atoms with van der Waals surface area (Å²) in [6, 6.07) is 13.6. The molecule has 3 heterocycles. The Kier molecular flexibility index (Phi) is 6.79. The number of aromatic nitrogens is 3. The molecule has 1 aliphatic heterocycles. The Bertz CT molecular complexity index is 1270. The van der Waals surface area contributed by atoms with E-state index in [1.807, 2.05) is 19.9 Å². The van der Waals surface area contributed by atoms with Gasteiger partial charge in [-0.1, -0.05) is 32.0 Å². The maximum atomic E-state index is 12.6. The van der Waals surface area contributed by atoms with Gasteiger partial charge in [-0.15, -0.1) is 0 Å². The highest BCUT2D eigenvalue weighted by molar-refractivity contribution is 6.05. The lowest BCUT2D eigenvalue weighted by Gasteiger charge is -2.25. The molecule has 35 heavy (non-hydrogen) atoms. The summed E-state index contributed by atoms with van der Waals surface area (Å²) in [4.78, 5) is 29.0. The van der Waals surface area contributed by atoms with Crippen molar-refractivity contribution in [1.29, 1.82) is 5.26 Å². The molecule has 0 aliphatic carbocycles. The molecule has 0 radical (unpaired) electrons. The minimum absolute atomic E-state index is 0.0195. The molecule has 0 bridgehead atoms. The van der Waals surface area contributed by atoms with Crippen molar-refractivity contribution in [3.8, 4) is 6.07 Å². The summed E-state index contributed by atoms with van der Waals surface area (Å²) >= 11 is 0. The summed E-state index contributed by atoms with van der Waals surface area (Å²) in [5.41, 5.74) is -1.10. The van der Waals surface area contributed by atoms with Crippen LogP contribution in [0.3, 0.4) is 0 Å². The van der Waals surface area contributed by atoms with Crippen LogP contribution in [0.4, 0.5) is 5.82 Å². The maximum Gasteiger partial charge on any atom is 0.306 e. The van der Waals surface area contributed by atoms with Crippen LogP contribution >= 0.6 is 0 Å². The van der Waals surface area contributed by atoms with Gasteiger partial charge >= 0.3 is 5.97 Å². The van der Waals surface area contributed by atoms with Crippen LogP contribution in [0, 0.1) is 17.2 Å². The normalized spacial score (nSPS) is 23.8. The molecule has 1 saturated heterocycles. The fraction of sp³-hybridized carbons (Fsp3) is 0.375. The third-order valence-corrected chi connectivity index (χ3v) is 5.72. The highest BCUT2D eigenvalue weighted by Gasteiger charge is 2.59. The molecule has 2 aromatic heterocycles. The molecule has 0 saturated carbocycles. The molecule has 1 fully saturated rings. The van der Waals surface area contributed by atoms with Crippen molar-refractivity contribution < 1.29 is 29.3 Å². The molecule has 3 aromatic rings. The number of anilines is 1. The van der Waals surface area contributed by atoms with Crippen LogP contribution in [0.2, 0.25) is 0 Å². The molecule has 3 N–H and O–H groups in total. The van der Waals surface area contributed by atoms with Crippen molar-refractivity contribution in [2.24, 2.45) is 5.92 Å². The van der Waals surface area contributed by atoms with E-state index in [1.165, 1.54) is 16.9 Å². The van der Waals surface area contributed by atoms with E-state index in [0.29, 0.717) is 11.1 Å². The predicted molar refractivity (Wildman–Crippen MR) is 122 cm³/mol. The first-order valence-corrected chi connectivity index (χ1v) is 11.1. The number of esters is 1. The molecule has 11 heteroatoms. The Morgan fingerprint density at radius 2 is 2.03 bits per heavy atom. The van der Waals surface area contributed by atoms with Crippen molar-refractivity contribution in [3.63, 3.8) is 0 Å². The number of nitriles is 1. The van der Waals surface area contributed by atoms with E-state index in [0.717, 1.165) is 0 Å². The van der Waals surface area contributed by atoms with E-state index in [-0.39, 0.29) is 23.9 Å². The molecule has 1 amide bonds. The van der Waals surface area contributed by atoms with E-state index in [1.54, 1.807) is 36.4 Å². The summed E-state index contributed by atoms with van der Waals surface area (Å²) < 4.78 is 12.5. The number of carbonyl (C=O) groups is 2. The van der Waals surface area contributed by atoms with E-state index in [9.17, 15) is 25.1 Å². The zero-order valence-corrected chi connectivity index (χ0v) is 19.2. The molecule has 1 aromatic carbocycles. The lowest BCUT2D eigenvalue weighted by atomic mass is 9.92. The summed E-state index contributed by atoms with van der Waals surface area (Å²) in [7, 11) is 0. The van der Waals surface area contributed by atoms with Crippen LogP contribution < -0.4 is 5.32 Å². The van der Waals surface area contributed by atoms with Crippen molar-refractivity contribution in [2.75, 3.05) is 11.9 Å². The Morgan fingerprint density at radius 1 is 1.29 bits per heavy atom. The van der Waals surface area contributed by atoms with Crippen molar-refractivity contribution in [3.05, 3.63) is 60.0 Å². The Hall–Kier alpha value is -3.85. The standard InChI is InChI=1S/C24H25N5O6/c1-14(2)10-19(31)34-20-17(11-30)35-24(12-25,21(20)32)18-9-8-16-22(26-13-27-29(16)18)28-23(33)15-6-4-3-5-7-15/h3-9,13-14,17,20-21,30,32H,10-11H2,1-2H3,(H,26,27,28,33)/t17-,20-,21-,24+/m1/s1. The second-order valence-corrected chi connectivity index (χ2v) is 8.63. The lowest BCUT2D eigenvalue weighted by molar-refractivity contribution is -0.157. The number of nitrogens with one attached hydrogen (secondary N) is 1. The molecule has 0 spiro atoms. The van der Waals surface area contributed by atoms with Gasteiger partial charge in [-0.3, -0.25) is 9.59 Å². The zero-order valence-electron chi connectivity index (χ0n) is 19.2. The van der Waals surface area contributed by atoms with Gasteiger partial charge in [-0.05, 0) is 30.2 Å². The second-order valence-electron chi connectivity index (χ2n) is 8.63. The van der Waals surface area contributed by atoms with E-state index >= 15 is 0 Å². The van der Waals surface area contributed by atoms with Crippen LogP contribution in [-0.2, 0) is 19.9 Å². The number of aliphatic hydroxyl groups is 2. The Labute approximate surface area is 200 Å². The Balaban J connectivity index is 1.68. The Morgan fingerprint density at radius 3 is 2.69 bits per heavy atom. The lowest BCUT2D eigenvalue weighted by Crippen LogP contribution is -2.43. The second kappa shape index (κ2) is 9.79. The van der Waals surface area contributed by atoms with Crippen LogP contribution in [0.1, 0.15) is 36.3 Å². The van der Waals surface area contributed by atoms with Crippen molar-refractivity contribution in [2.45, 2.75) is 44.2 Å². The molecular formula is C24H25N5O6. The van der Waals surface area contributed by atoms with Gasteiger partial charge in [0.25, 0.3) is 5.91 Å². The topological polar surface area (TPSA) is 159 Å². The third kappa shape index (κ3) is 4.46. The van der Waals surface area contributed by atoms with Gasteiger partial charge in [0.15, 0.2) is 11.9 Å². The smallest absolute Gasteiger partial charge is 0.306 e. The number of aliphatic hydroxyl groups excluding tert-OH is 2. The third-order valence-electron chi connectivity index (χ3n) is 5.72.